The zero-order valence-corrected chi connectivity index (χ0v) is 15.6. The van der Waals surface area contributed by atoms with Gasteiger partial charge in [0.2, 0.25) is 11.5 Å². The molecule has 1 saturated carbocycles. The highest BCUT2D eigenvalue weighted by Gasteiger charge is 2.51. The second-order valence-electron chi connectivity index (χ2n) is 7.44. The zero-order valence-electron chi connectivity index (χ0n) is 15.6. The van der Waals surface area contributed by atoms with Gasteiger partial charge in [0.05, 0.1) is 0 Å². The molecule has 1 aromatic heterocycles. The first-order valence-corrected chi connectivity index (χ1v) is 9.78. The minimum atomic E-state index is -2.04. The number of amides is 2. The highest BCUT2D eigenvalue weighted by molar-refractivity contribution is 6.16. The van der Waals surface area contributed by atoms with E-state index in [1.165, 1.54) is 17.7 Å². The van der Waals surface area contributed by atoms with Crippen LogP contribution in [0.2, 0.25) is 0 Å². The van der Waals surface area contributed by atoms with E-state index in [1.54, 1.807) is 12.1 Å². The predicted octanol–water partition coefficient (Wildman–Crippen LogP) is 1.55. The molecular formula is C20H24N4O4. The lowest BCUT2D eigenvalue weighted by atomic mass is 10.0. The number of rotatable bonds is 6. The smallest absolute Gasteiger partial charge is 0.268 e. The van der Waals surface area contributed by atoms with Gasteiger partial charge in [-0.25, -0.2) is 0 Å². The summed E-state index contributed by atoms with van der Waals surface area (Å²) in [4.78, 5) is 31.0. The maximum absolute atomic E-state index is 12.6. The van der Waals surface area contributed by atoms with E-state index in [1.807, 2.05) is 18.2 Å². The average molecular weight is 384 g/mol. The first-order valence-electron chi connectivity index (χ1n) is 9.78. The monoisotopic (exact) mass is 384 g/mol. The number of anilines is 1. The number of benzene rings is 1. The molecule has 0 radical (unpaired) electrons. The second-order valence-corrected chi connectivity index (χ2v) is 7.44. The van der Waals surface area contributed by atoms with Crippen LogP contribution in [-0.4, -0.2) is 45.8 Å². The van der Waals surface area contributed by atoms with E-state index in [2.05, 4.69) is 15.5 Å². The van der Waals surface area contributed by atoms with Gasteiger partial charge in [-0.2, -0.15) is 4.98 Å². The molecule has 1 unspecified atom stereocenters. The van der Waals surface area contributed by atoms with Crippen LogP contribution in [0.15, 0.2) is 34.9 Å². The summed E-state index contributed by atoms with van der Waals surface area (Å²) in [6.45, 7) is 0.520. The Morgan fingerprint density at radius 1 is 1.29 bits per heavy atom. The van der Waals surface area contributed by atoms with E-state index >= 15 is 0 Å². The van der Waals surface area contributed by atoms with Crippen LogP contribution >= 0.6 is 0 Å². The van der Waals surface area contributed by atoms with Crippen molar-refractivity contribution in [2.75, 3.05) is 18.0 Å². The van der Waals surface area contributed by atoms with Crippen molar-refractivity contribution in [2.45, 2.75) is 50.0 Å². The fourth-order valence-electron chi connectivity index (χ4n) is 3.91. The molecule has 2 aromatic rings. The fraction of sp³-hybridized carbons (Fsp3) is 0.500. The van der Waals surface area contributed by atoms with Crippen LogP contribution < -0.4 is 10.2 Å². The summed E-state index contributed by atoms with van der Waals surface area (Å²) in [7, 11) is 0. The molecule has 4 rings (SSSR count). The van der Waals surface area contributed by atoms with Crippen LogP contribution in [0.4, 0.5) is 5.69 Å². The number of hydrogen-bond donors (Lipinski definition) is 2. The van der Waals surface area contributed by atoms with Gasteiger partial charge in [-0.1, -0.05) is 36.2 Å². The van der Waals surface area contributed by atoms with E-state index in [4.69, 9.17) is 4.52 Å². The third-order valence-corrected chi connectivity index (χ3v) is 5.56. The Morgan fingerprint density at radius 3 is 2.79 bits per heavy atom. The summed E-state index contributed by atoms with van der Waals surface area (Å²) in [6.07, 6.45) is 4.96. The number of nitrogens with zero attached hydrogens (tertiary/aromatic N) is 3. The Bertz CT molecular complexity index is 847. The molecule has 8 nitrogen and oxygen atoms in total. The van der Waals surface area contributed by atoms with Gasteiger partial charge in [0.25, 0.3) is 11.8 Å². The molecule has 2 aliphatic rings. The number of carbonyl (C=O) groups is 2. The quantitative estimate of drug-likeness (QED) is 0.732. The van der Waals surface area contributed by atoms with E-state index < -0.39 is 17.4 Å². The highest BCUT2D eigenvalue weighted by atomic mass is 16.5. The van der Waals surface area contributed by atoms with Crippen molar-refractivity contribution in [3.8, 4) is 0 Å². The molecule has 1 aromatic carbocycles. The molecule has 1 saturated heterocycles. The molecule has 1 atom stereocenters. The van der Waals surface area contributed by atoms with Crippen LogP contribution in [0.3, 0.4) is 0 Å². The molecule has 2 amide bonds. The Balaban J connectivity index is 1.32. The molecule has 1 aliphatic heterocycles. The molecule has 2 N–H and O–H groups in total. The van der Waals surface area contributed by atoms with Crippen molar-refractivity contribution in [1.82, 2.24) is 15.5 Å². The molecule has 28 heavy (non-hydrogen) atoms. The van der Waals surface area contributed by atoms with Gasteiger partial charge < -0.3 is 19.8 Å². The predicted molar refractivity (Wildman–Crippen MR) is 101 cm³/mol. The fourth-order valence-corrected chi connectivity index (χ4v) is 3.91. The first kappa shape index (κ1) is 18.6. The van der Waals surface area contributed by atoms with Crippen LogP contribution in [-0.2, 0) is 16.0 Å². The normalized spacial score (nSPS) is 22.8. The van der Waals surface area contributed by atoms with Crippen LogP contribution in [0.5, 0.6) is 0 Å². The standard InChI is InChI=1S/C20H24N4O4/c25-18(20(27)11-13-24(19(20)26)15-8-2-1-3-9-15)21-12-10-16-22-17(28-23-16)14-6-4-5-7-14/h1-3,8-9,14,27H,4-7,10-13H2,(H,21,25). The first-order chi connectivity index (χ1) is 13.6. The van der Waals surface area contributed by atoms with E-state index in [0.717, 1.165) is 12.8 Å². The lowest BCUT2D eigenvalue weighted by molar-refractivity contribution is -0.149. The summed E-state index contributed by atoms with van der Waals surface area (Å²) in [5.74, 6) is 0.256. The third-order valence-electron chi connectivity index (χ3n) is 5.56. The minimum absolute atomic E-state index is 0.0562. The largest absolute Gasteiger partial charge is 0.372 e. The number of aliphatic hydroxyl groups is 1. The minimum Gasteiger partial charge on any atom is -0.372 e. The van der Waals surface area contributed by atoms with Gasteiger partial charge in [-0.05, 0) is 25.0 Å². The third kappa shape index (κ3) is 3.52. The summed E-state index contributed by atoms with van der Waals surface area (Å²) >= 11 is 0. The Morgan fingerprint density at radius 2 is 2.04 bits per heavy atom. The van der Waals surface area contributed by atoms with Crippen LogP contribution in [0.25, 0.3) is 0 Å². The maximum Gasteiger partial charge on any atom is 0.268 e. The Labute approximate surface area is 162 Å². The van der Waals surface area contributed by atoms with Crippen molar-refractivity contribution in [3.63, 3.8) is 0 Å². The van der Waals surface area contributed by atoms with Crippen molar-refractivity contribution < 1.29 is 19.2 Å². The topological polar surface area (TPSA) is 109 Å². The number of hydrogen-bond acceptors (Lipinski definition) is 6. The summed E-state index contributed by atoms with van der Waals surface area (Å²) in [5, 5.41) is 17.3. The number of nitrogens with one attached hydrogen (secondary N) is 1. The van der Waals surface area contributed by atoms with Crippen molar-refractivity contribution in [2.24, 2.45) is 0 Å². The van der Waals surface area contributed by atoms with Crippen molar-refractivity contribution in [1.29, 1.82) is 0 Å². The molecule has 1 aliphatic carbocycles. The highest BCUT2D eigenvalue weighted by Crippen LogP contribution is 2.33. The van der Waals surface area contributed by atoms with Gasteiger partial charge in [0.15, 0.2) is 5.82 Å². The zero-order chi connectivity index (χ0) is 19.6. The van der Waals surface area contributed by atoms with E-state index in [9.17, 15) is 14.7 Å². The van der Waals surface area contributed by atoms with E-state index in [0.29, 0.717) is 36.3 Å². The van der Waals surface area contributed by atoms with E-state index in [-0.39, 0.29) is 13.0 Å². The Kier molecular flexibility index (Phi) is 5.13. The maximum atomic E-state index is 12.6. The van der Waals surface area contributed by atoms with Crippen LogP contribution in [0, 0.1) is 0 Å². The molecule has 2 fully saturated rings. The Hall–Kier alpha value is -2.74. The van der Waals surface area contributed by atoms with Crippen molar-refractivity contribution >= 4 is 17.5 Å². The van der Waals surface area contributed by atoms with Gasteiger partial charge in [0.1, 0.15) is 0 Å². The lowest BCUT2D eigenvalue weighted by Gasteiger charge is -2.21. The summed E-state index contributed by atoms with van der Waals surface area (Å²) in [5.41, 5.74) is -1.37. The van der Waals surface area contributed by atoms with Gasteiger partial charge in [-0.3, -0.25) is 9.59 Å². The van der Waals surface area contributed by atoms with Crippen molar-refractivity contribution in [3.05, 3.63) is 42.0 Å². The molecule has 2 heterocycles. The van der Waals surface area contributed by atoms with Gasteiger partial charge in [-0.15, -0.1) is 0 Å². The van der Waals surface area contributed by atoms with Crippen LogP contribution in [0.1, 0.15) is 49.7 Å². The number of aromatic nitrogens is 2. The molecule has 0 bridgehead atoms. The number of para-hydroxylation sites is 1. The second kappa shape index (κ2) is 7.71. The molecule has 148 valence electrons. The average Bonchev–Trinajstić information content (AvgIpc) is 3.45. The van der Waals surface area contributed by atoms with Gasteiger partial charge >= 0.3 is 0 Å². The number of carbonyl (C=O) groups excluding carboxylic acids is 2. The van der Waals surface area contributed by atoms with Gasteiger partial charge in [0, 0.05) is 37.5 Å². The summed E-state index contributed by atoms with van der Waals surface area (Å²) < 4.78 is 5.32. The summed E-state index contributed by atoms with van der Waals surface area (Å²) in [6, 6.07) is 9.02. The lowest BCUT2D eigenvalue weighted by Crippen LogP contribution is -2.52. The SMILES string of the molecule is O=C(NCCc1noc(C2CCCC2)n1)C1(O)CCN(c2ccccc2)C1=O. The molecule has 8 heteroatoms. The molecule has 0 spiro atoms. The molecular weight excluding hydrogens is 360 g/mol.